The van der Waals surface area contributed by atoms with Gasteiger partial charge in [0.15, 0.2) is 0 Å². The van der Waals surface area contributed by atoms with Crippen molar-refractivity contribution in [3.8, 4) is 12.3 Å². The van der Waals surface area contributed by atoms with Crippen molar-refractivity contribution < 1.29 is 0 Å². The molecule has 1 aliphatic rings. The zero-order valence-electron chi connectivity index (χ0n) is 17.4. The van der Waals surface area contributed by atoms with Crippen LogP contribution in [0.4, 0.5) is 0 Å². The second-order valence-corrected chi connectivity index (χ2v) is 7.95. The maximum absolute atomic E-state index is 13.3. The highest BCUT2D eigenvalue weighted by Crippen LogP contribution is 2.17. The summed E-state index contributed by atoms with van der Waals surface area (Å²) >= 11 is 0. The Bertz CT molecular complexity index is 1260. The van der Waals surface area contributed by atoms with Crippen LogP contribution in [-0.4, -0.2) is 20.6 Å². The highest BCUT2D eigenvalue weighted by Gasteiger charge is 2.24. The van der Waals surface area contributed by atoms with Crippen LogP contribution in [0.25, 0.3) is 0 Å². The lowest BCUT2D eigenvalue weighted by atomic mass is 10.0. The van der Waals surface area contributed by atoms with Crippen molar-refractivity contribution in [3.05, 3.63) is 103 Å². The Kier molecular flexibility index (Phi) is 5.43. The highest BCUT2D eigenvalue weighted by atomic mass is 16.2. The Labute approximate surface area is 176 Å². The minimum absolute atomic E-state index is 0.184. The lowest BCUT2D eigenvalue weighted by molar-refractivity contribution is 0.237. The maximum Gasteiger partial charge on any atom is 0.331 e. The van der Waals surface area contributed by atoms with Crippen LogP contribution in [0.5, 0.6) is 0 Å². The van der Waals surface area contributed by atoms with Gasteiger partial charge in [-0.2, -0.15) is 0 Å². The molecule has 152 valence electrons. The quantitative estimate of drug-likeness (QED) is 0.633. The van der Waals surface area contributed by atoms with E-state index in [9.17, 15) is 9.59 Å². The smallest absolute Gasteiger partial charge is 0.300 e. The number of nitrogens with zero attached hydrogens (tertiary/aromatic N) is 3. The van der Waals surface area contributed by atoms with Crippen LogP contribution >= 0.6 is 0 Å². The van der Waals surface area contributed by atoms with Crippen LogP contribution in [0.2, 0.25) is 0 Å². The molecule has 0 aliphatic carbocycles. The van der Waals surface area contributed by atoms with Crippen molar-refractivity contribution in [2.45, 2.75) is 33.0 Å². The lowest BCUT2D eigenvalue weighted by Crippen LogP contribution is -2.47. The summed E-state index contributed by atoms with van der Waals surface area (Å²) in [6, 6.07) is 15.8. The average molecular weight is 399 g/mol. The lowest BCUT2D eigenvalue weighted by Gasteiger charge is -2.30. The molecule has 30 heavy (non-hydrogen) atoms. The number of hydrogen-bond donors (Lipinski definition) is 0. The molecule has 1 aliphatic heterocycles. The van der Waals surface area contributed by atoms with Gasteiger partial charge in [0.1, 0.15) is 0 Å². The Balaban J connectivity index is 1.66. The molecular formula is C25H25N3O2. The van der Waals surface area contributed by atoms with Crippen LogP contribution in [0.3, 0.4) is 0 Å². The predicted octanol–water partition coefficient (Wildman–Crippen LogP) is 2.44. The largest absolute Gasteiger partial charge is 0.331 e. The number of fused-ring (bicyclic) bond motifs is 1. The van der Waals surface area contributed by atoms with Crippen molar-refractivity contribution in [1.82, 2.24) is 14.0 Å². The monoisotopic (exact) mass is 399 g/mol. The van der Waals surface area contributed by atoms with Gasteiger partial charge < -0.3 is 4.57 Å². The van der Waals surface area contributed by atoms with Crippen LogP contribution in [-0.2, 0) is 33.1 Å². The summed E-state index contributed by atoms with van der Waals surface area (Å²) in [6.45, 7) is 4.32. The summed E-state index contributed by atoms with van der Waals surface area (Å²) in [5, 5.41) is 0. The number of hydrogen-bond acceptors (Lipinski definition) is 3. The van der Waals surface area contributed by atoms with Crippen LogP contribution in [0.15, 0.2) is 58.1 Å². The normalized spacial score (nSPS) is 13.6. The summed E-state index contributed by atoms with van der Waals surface area (Å²) in [5.74, 6) is 2.67. The Morgan fingerprint density at radius 3 is 2.50 bits per heavy atom. The summed E-state index contributed by atoms with van der Waals surface area (Å²) < 4.78 is 3.00. The fraction of sp³-hybridized carbons (Fsp3) is 0.280. The zero-order chi connectivity index (χ0) is 21.3. The van der Waals surface area contributed by atoms with Gasteiger partial charge in [-0.05, 0) is 30.2 Å². The second-order valence-electron chi connectivity index (χ2n) is 7.95. The van der Waals surface area contributed by atoms with E-state index in [1.165, 1.54) is 4.57 Å². The van der Waals surface area contributed by atoms with E-state index < -0.39 is 0 Å². The van der Waals surface area contributed by atoms with Gasteiger partial charge >= 0.3 is 5.69 Å². The molecule has 0 saturated carbocycles. The topological polar surface area (TPSA) is 47.2 Å². The van der Waals surface area contributed by atoms with Gasteiger partial charge in [-0.1, -0.05) is 47.9 Å². The number of aromatic nitrogens is 2. The molecule has 0 bridgehead atoms. The summed E-state index contributed by atoms with van der Waals surface area (Å²) in [5.41, 5.74) is 5.16. The van der Waals surface area contributed by atoms with Gasteiger partial charge in [0.2, 0.25) is 0 Å². The number of benzene rings is 2. The minimum atomic E-state index is -0.254. The molecule has 0 saturated heterocycles. The molecular weight excluding hydrogens is 374 g/mol. The van der Waals surface area contributed by atoms with Crippen molar-refractivity contribution in [2.24, 2.45) is 7.05 Å². The number of terminal acetylenes is 1. The first-order chi connectivity index (χ1) is 14.5. The third kappa shape index (κ3) is 3.87. The Morgan fingerprint density at radius 1 is 1.03 bits per heavy atom. The summed E-state index contributed by atoms with van der Waals surface area (Å²) in [6.07, 6.45) is 6.19. The van der Waals surface area contributed by atoms with E-state index >= 15 is 0 Å². The van der Waals surface area contributed by atoms with Crippen LogP contribution in [0, 0.1) is 19.3 Å². The van der Waals surface area contributed by atoms with E-state index in [-0.39, 0.29) is 17.8 Å². The van der Waals surface area contributed by atoms with E-state index in [1.807, 2.05) is 55.5 Å². The molecule has 3 aromatic rings. The third-order valence-corrected chi connectivity index (χ3v) is 5.74. The molecule has 0 N–H and O–H groups in total. The van der Waals surface area contributed by atoms with Gasteiger partial charge in [-0.25, -0.2) is 4.79 Å². The summed E-state index contributed by atoms with van der Waals surface area (Å²) in [4.78, 5) is 28.4. The SMILES string of the molecule is C#Cc1cccc(CN2CCc3c(c(=O)n(Cc4cccc(C)c4)c(=O)n3C)C2)c1. The van der Waals surface area contributed by atoms with E-state index in [2.05, 4.69) is 10.8 Å². The average Bonchev–Trinajstić information content (AvgIpc) is 2.75. The van der Waals surface area contributed by atoms with Crippen LogP contribution in [0.1, 0.15) is 33.5 Å². The first-order valence-electron chi connectivity index (χ1n) is 10.1. The van der Waals surface area contributed by atoms with Gasteiger partial charge in [0.05, 0.1) is 12.1 Å². The van der Waals surface area contributed by atoms with Crippen molar-refractivity contribution in [2.75, 3.05) is 6.54 Å². The Morgan fingerprint density at radius 2 is 1.77 bits per heavy atom. The van der Waals surface area contributed by atoms with Gasteiger partial charge in [-0.3, -0.25) is 14.3 Å². The Hall–Kier alpha value is -3.36. The van der Waals surface area contributed by atoms with Crippen molar-refractivity contribution in [3.63, 3.8) is 0 Å². The third-order valence-electron chi connectivity index (χ3n) is 5.74. The molecule has 2 heterocycles. The molecule has 2 aromatic carbocycles. The van der Waals surface area contributed by atoms with E-state index in [0.29, 0.717) is 18.5 Å². The first kappa shape index (κ1) is 19.9. The van der Waals surface area contributed by atoms with Crippen molar-refractivity contribution >= 4 is 0 Å². The number of rotatable bonds is 4. The van der Waals surface area contributed by atoms with Crippen LogP contribution < -0.4 is 11.2 Å². The predicted molar refractivity (Wildman–Crippen MR) is 118 cm³/mol. The minimum Gasteiger partial charge on any atom is -0.300 e. The van der Waals surface area contributed by atoms with Gasteiger partial charge in [0.25, 0.3) is 5.56 Å². The first-order valence-corrected chi connectivity index (χ1v) is 10.1. The van der Waals surface area contributed by atoms with Gasteiger partial charge in [-0.15, -0.1) is 6.42 Å². The second kappa shape index (κ2) is 8.17. The molecule has 0 fully saturated rings. The molecule has 5 nitrogen and oxygen atoms in total. The molecule has 1 aromatic heterocycles. The molecule has 0 unspecified atom stereocenters. The molecule has 4 rings (SSSR count). The fourth-order valence-electron chi connectivity index (χ4n) is 4.20. The number of aryl methyl sites for hydroxylation is 1. The van der Waals surface area contributed by atoms with E-state index in [0.717, 1.165) is 41.0 Å². The molecule has 0 atom stereocenters. The van der Waals surface area contributed by atoms with Crippen molar-refractivity contribution in [1.29, 1.82) is 0 Å². The molecule has 5 heteroatoms. The fourth-order valence-corrected chi connectivity index (χ4v) is 4.20. The molecule has 0 spiro atoms. The molecule has 0 radical (unpaired) electrons. The standard InChI is InChI=1S/C25H25N3O2/c1-4-19-8-6-10-21(14-19)15-27-12-11-23-22(17-27)24(29)28(25(30)26(23)3)16-20-9-5-7-18(2)13-20/h1,5-10,13-14H,11-12,15-17H2,2-3H3. The van der Waals surface area contributed by atoms with E-state index in [1.54, 1.807) is 11.6 Å². The highest BCUT2D eigenvalue weighted by molar-refractivity contribution is 5.35. The summed E-state index contributed by atoms with van der Waals surface area (Å²) in [7, 11) is 1.76. The maximum atomic E-state index is 13.3. The zero-order valence-corrected chi connectivity index (χ0v) is 17.4. The van der Waals surface area contributed by atoms with E-state index in [4.69, 9.17) is 6.42 Å². The van der Waals surface area contributed by atoms with Gasteiger partial charge in [0, 0.05) is 44.4 Å². The molecule has 0 amide bonds.